The van der Waals surface area contributed by atoms with E-state index in [0.717, 1.165) is 19.4 Å². The zero-order valence-corrected chi connectivity index (χ0v) is 14.6. The van der Waals surface area contributed by atoms with E-state index in [4.69, 9.17) is 4.74 Å². The number of nitro groups is 1. The molecule has 1 amide bonds. The summed E-state index contributed by atoms with van der Waals surface area (Å²) in [4.78, 5) is 24.5. The molecule has 0 radical (unpaired) electrons. The van der Waals surface area contributed by atoms with Crippen LogP contribution in [-0.2, 0) is 11.8 Å². The predicted molar refractivity (Wildman–Crippen MR) is 89.0 cm³/mol. The van der Waals surface area contributed by atoms with E-state index in [0.29, 0.717) is 18.9 Å². The van der Waals surface area contributed by atoms with Crippen LogP contribution < -0.4 is 10.2 Å². The molecule has 1 fully saturated rings. The monoisotopic (exact) mass is 339 g/mol. The molecule has 2 rings (SSSR count). The van der Waals surface area contributed by atoms with Gasteiger partial charge in [-0.25, -0.2) is 9.48 Å². The smallest absolute Gasteiger partial charge is 0.407 e. The Balaban J connectivity index is 1.96. The lowest BCUT2D eigenvalue weighted by atomic mass is 9.98. The van der Waals surface area contributed by atoms with Crippen LogP contribution in [0.25, 0.3) is 0 Å². The number of nitrogens with one attached hydrogen (secondary N) is 1. The third-order valence-electron chi connectivity index (χ3n) is 3.84. The fourth-order valence-electron chi connectivity index (χ4n) is 2.88. The van der Waals surface area contributed by atoms with Crippen LogP contribution in [0.1, 0.15) is 33.6 Å². The summed E-state index contributed by atoms with van der Waals surface area (Å²) in [6, 6.07) is 0. The molecule has 1 aliphatic rings. The number of alkyl carbamates (subject to hydrolysis) is 1. The van der Waals surface area contributed by atoms with Gasteiger partial charge in [0.1, 0.15) is 11.8 Å². The Bertz CT molecular complexity index is 607. The maximum atomic E-state index is 11.8. The van der Waals surface area contributed by atoms with Crippen molar-refractivity contribution in [1.82, 2.24) is 15.1 Å². The largest absolute Gasteiger partial charge is 0.444 e. The summed E-state index contributed by atoms with van der Waals surface area (Å²) in [7, 11) is 1.70. The number of hydrogen-bond donors (Lipinski definition) is 1. The van der Waals surface area contributed by atoms with Crippen molar-refractivity contribution in [1.29, 1.82) is 0 Å². The Morgan fingerprint density at radius 1 is 1.54 bits per heavy atom. The minimum Gasteiger partial charge on any atom is -0.444 e. The van der Waals surface area contributed by atoms with Crippen LogP contribution in [0.4, 0.5) is 16.3 Å². The maximum Gasteiger partial charge on any atom is 0.407 e. The molecule has 1 atom stereocenters. The Hall–Kier alpha value is -2.32. The van der Waals surface area contributed by atoms with Gasteiger partial charge in [-0.3, -0.25) is 10.1 Å². The molecule has 0 bridgehead atoms. The fraction of sp³-hybridized carbons (Fsp3) is 0.733. The van der Waals surface area contributed by atoms with Crippen molar-refractivity contribution in [3.63, 3.8) is 0 Å². The standard InChI is InChI=1S/C15H25N5O4/c1-15(2,3)24-14(21)16-8-11-6-5-7-19(10-11)13-12(20(22)23)9-17-18(13)4/h9,11H,5-8,10H2,1-4H3,(H,16,21). The van der Waals surface area contributed by atoms with Gasteiger partial charge >= 0.3 is 11.8 Å². The first kappa shape index (κ1) is 18.0. The highest BCUT2D eigenvalue weighted by atomic mass is 16.6. The lowest BCUT2D eigenvalue weighted by molar-refractivity contribution is -0.384. The third kappa shape index (κ3) is 4.59. The van der Waals surface area contributed by atoms with E-state index in [9.17, 15) is 14.9 Å². The van der Waals surface area contributed by atoms with Crippen LogP contribution in [-0.4, -0.2) is 46.0 Å². The third-order valence-corrected chi connectivity index (χ3v) is 3.84. The van der Waals surface area contributed by atoms with E-state index in [2.05, 4.69) is 10.4 Å². The number of nitrogens with zero attached hydrogens (tertiary/aromatic N) is 4. The van der Waals surface area contributed by atoms with E-state index in [1.807, 2.05) is 25.7 Å². The summed E-state index contributed by atoms with van der Waals surface area (Å²) < 4.78 is 6.76. The normalized spacial score (nSPS) is 18.3. The van der Waals surface area contributed by atoms with E-state index in [1.165, 1.54) is 10.9 Å². The van der Waals surface area contributed by atoms with Crippen molar-refractivity contribution in [2.75, 3.05) is 24.5 Å². The van der Waals surface area contributed by atoms with Crippen LogP contribution in [0.2, 0.25) is 0 Å². The van der Waals surface area contributed by atoms with Gasteiger partial charge in [-0.15, -0.1) is 0 Å². The molecule has 9 nitrogen and oxygen atoms in total. The van der Waals surface area contributed by atoms with Gasteiger partial charge in [-0.2, -0.15) is 5.10 Å². The second-order valence-corrected chi connectivity index (χ2v) is 7.07. The summed E-state index contributed by atoms with van der Waals surface area (Å²) in [5.41, 5.74) is -0.517. The first-order valence-corrected chi connectivity index (χ1v) is 8.05. The molecule has 1 aliphatic heterocycles. The molecular formula is C15H25N5O4. The molecule has 9 heteroatoms. The van der Waals surface area contributed by atoms with E-state index >= 15 is 0 Å². The fourth-order valence-corrected chi connectivity index (χ4v) is 2.88. The van der Waals surface area contributed by atoms with Crippen molar-refractivity contribution in [3.8, 4) is 0 Å². The van der Waals surface area contributed by atoms with Crippen LogP contribution in [0.3, 0.4) is 0 Å². The number of carbonyl (C=O) groups is 1. The molecule has 0 spiro atoms. The number of carbonyl (C=O) groups excluding carboxylic acids is 1. The number of aryl methyl sites for hydroxylation is 1. The number of anilines is 1. The molecule has 1 unspecified atom stereocenters. The molecule has 1 aromatic rings. The van der Waals surface area contributed by atoms with Gasteiger partial charge in [0.05, 0.1) is 4.92 Å². The molecule has 1 N–H and O–H groups in total. The molecule has 24 heavy (non-hydrogen) atoms. The van der Waals surface area contributed by atoms with Gasteiger partial charge in [-0.05, 0) is 39.5 Å². The lowest BCUT2D eigenvalue weighted by Crippen LogP contribution is -2.43. The summed E-state index contributed by atoms with van der Waals surface area (Å²) in [6.45, 7) is 7.31. The summed E-state index contributed by atoms with van der Waals surface area (Å²) in [5, 5.41) is 17.9. The second-order valence-electron chi connectivity index (χ2n) is 7.07. The Kier molecular flexibility index (Phi) is 5.30. The first-order chi connectivity index (χ1) is 11.2. The van der Waals surface area contributed by atoms with Crippen LogP contribution in [0.5, 0.6) is 0 Å². The zero-order chi connectivity index (χ0) is 17.9. The lowest BCUT2D eigenvalue weighted by Gasteiger charge is -2.33. The van der Waals surface area contributed by atoms with Crippen molar-refractivity contribution >= 4 is 17.6 Å². The maximum absolute atomic E-state index is 11.8. The van der Waals surface area contributed by atoms with Gasteiger partial charge in [0.2, 0.25) is 5.82 Å². The first-order valence-electron chi connectivity index (χ1n) is 8.05. The number of amides is 1. The highest BCUT2D eigenvalue weighted by Crippen LogP contribution is 2.30. The minimum atomic E-state index is -0.530. The SMILES string of the molecule is Cn1ncc([N+](=O)[O-])c1N1CCCC(CNC(=O)OC(C)(C)C)C1. The Labute approximate surface area is 141 Å². The number of hydrogen-bond acceptors (Lipinski definition) is 6. The van der Waals surface area contributed by atoms with Gasteiger partial charge in [0, 0.05) is 26.7 Å². The quantitative estimate of drug-likeness (QED) is 0.665. The molecule has 134 valence electrons. The van der Waals surface area contributed by atoms with Crippen molar-refractivity contribution in [2.24, 2.45) is 13.0 Å². The molecular weight excluding hydrogens is 314 g/mol. The van der Waals surface area contributed by atoms with Gasteiger partial charge in [0.15, 0.2) is 0 Å². The second kappa shape index (κ2) is 7.06. The average molecular weight is 339 g/mol. The van der Waals surface area contributed by atoms with Crippen molar-refractivity contribution < 1.29 is 14.5 Å². The number of aromatic nitrogens is 2. The van der Waals surface area contributed by atoms with Crippen LogP contribution >= 0.6 is 0 Å². The molecule has 0 aromatic carbocycles. The topological polar surface area (TPSA) is 103 Å². The van der Waals surface area contributed by atoms with Crippen LogP contribution in [0, 0.1) is 16.0 Å². The Morgan fingerprint density at radius 3 is 2.88 bits per heavy atom. The summed E-state index contributed by atoms with van der Waals surface area (Å²) in [5.74, 6) is 0.725. The van der Waals surface area contributed by atoms with Gasteiger partial charge in [0.25, 0.3) is 0 Å². The van der Waals surface area contributed by atoms with E-state index in [-0.39, 0.29) is 11.6 Å². The molecule has 1 saturated heterocycles. The highest BCUT2D eigenvalue weighted by molar-refractivity contribution is 5.67. The number of piperidine rings is 1. The number of ether oxygens (including phenoxy) is 1. The Morgan fingerprint density at radius 2 is 2.25 bits per heavy atom. The average Bonchev–Trinajstić information content (AvgIpc) is 2.86. The molecule has 0 aliphatic carbocycles. The van der Waals surface area contributed by atoms with E-state index < -0.39 is 16.6 Å². The summed E-state index contributed by atoms with van der Waals surface area (Å²) in [6.07, 6.45) is 2.70. The highest BCUT2D eigenvalue weighted by Gasteiger charge is 2.29. The van der Waals surface area contributed by atoms with Gasteiger partial charge < -0.3 is 15.0 Å². The van der Waals surface area contributed by atoms with Crippen LogP contribution in [0.15, 0.2) is 6.20 Å². The van der Waals surface area contributed by atoms with E-state index in [1.54, 1.807) is 7.05 Å². The molecule has 0 saturated carbocycles. The minimum absolute atomic E-state index is 0.0123. The van der Waals surface area contributed by atoms with Crippen molar-refractivity contribution in [3.05, 3.63) is 16.3 Å². The predicted octanol–water partition coefficient (Wildman–Crippen LogP) is 2.07. The van der Waals surface area contributed by atoms with Crippen molar-refractivity contribution in [2.45, 2.75) is 39.2 Å². The zero-order valence-electron chi connectivity index (χ0n) is 14.6. The molecule has 2 heterocycles. The molecule has 1 aromatic heterocycles. The van der Waals surface area contributed by atoms with Gasteiger partial charge in [-0.1, -0.05) is 0 Å². The summed E-state index contributed by atoms with van der Waals surface area (Å²) >= 11 is 0. The number of rotatable bonds is 4.